The van der Waals surface area contributed by atoms with E-state index in [0.29, 0.717) is 12.3 Å². The van der Waals surface area contributed by atoms with Crippen molar-refractivity contribution in [1.29, 1.82) is 0 Å². The summed E-state index contributed by atoms with van der Waals surface area (Å²) in [5, 5.41) is 5.70. The Balaban J connectivity index is 1.70. The van der Waals surface area contributed by atoms with Gasteiger partial charge in [-0.15, -0.1) is 0 Å². The first-order valence-electron chi connectivity index (χ1n) is 8.86. The molecule has 0 heterocycles. The number of primary amides is 1. The zero-order valence-corrected chi connectivity index (χ0v) is 14.1. The first kappa shape index (κ1) is 16.6. The van der Waals surface area contributed by atoms with Gasteiger partial charge in [-0.2, -0.15) is 0 Å². The van der Waals surface area contributed by atoms with Gasteiger partial charge in [0.15, 0.2) is 0 Å². The lowest BCUT2D eigenvalue weighted by Gasteiger charge is -2.27. The van der Waals surface area contributed by atoms with Gasteiger partial charge >= 0.3 is 0 Å². The molecular formula is C21H26N2O. The molecule has 1 amide bonds. The summed E-state index contributed by atoms with van der Waals surface area (Å²) >= 11 is 0. The Bertz CT molecular complexity index is 731. The topological polar surface area (TPSA) is 55.1 Å². The lowest BCUT2D eigenvalue weighted by molar-refractivity contribution is -0.119. The summed E-state index contributed by atoms with van der Waals surface area (Å²) in [5.41, 5.74) is 7.72. The minimum absolute atomic E-state index is 0.319. The van der Waals surface area contributed by atoms with Crippen LogP contribution in [0.3, 0.4) is 0 Å². The Morgan fingerprint density at radius 3 is 2.54 bits per heavy atom. The van der Waals surface area contributed by atoms with Crippen LogP contribution in [0.1, 0.15) is 37.7 Å². The Labute approximate surface area is 143 Å². The molecule has 1 fully saturated rings. The van der Waals surface area contributed by atoms with E-state index in [9.17, 15) is 4.79 Å². The number of nitrogens with two attached hydrogens (primary N) is 1. The van der Waals surface area contributed by atoms with Crippen LogP contribution in [-0.2, 0) is 11.2 Å². The molecule has 1 aliphatic carbocycles. The lowest BCUT2D eigenvalue weighted by Crippen LogP contribution is -2.43. The molecule has 24 heavy (non-hydrogen) atoms. The molecule has 0 unspecified atom stereocenters. The summed E-state index contributed by atoms with van der Waals surface area (Å²) < 4.78 is 0. The fourth-order valence-electron chi connectivity index (χ4n) is 3.62. The number of carbonyl (C=O) groups excluding carboxylic acids is 1. The van der Waals surface area contributed by atoms with Crippen molar-refractivity contribution in [2.75, 3.05) is 0 Å². The molecule has 3 heteroatoms. The third-order valence-corrected chi connectivity index (χ3v) is 5.05. The second-order valence-corrected chi connectivity index (χ2v) is 6.85. The van der Waals surface area contributed by atoms with Crippen LogP contribution in [0, 0.1) is 5.92 Å². The summed E-state index contributed by atoms with van der Waals surface area (Å²) in [4.78, 5) is 11.9. The molecule has 0 radical (unpaired) electrons. The number of benzene rings is 2. The van der Waals surface area contributed by atoms with E-state index in [1.54, 1.807) is 0 Å². The van der Waals surface area contributed by atoms with Crippen LogP contribution in [0.4, 0.5) is 0 Å². The molecule has 3 nitrogen and oxygen atoms in total. The Kier molecular flexibility index (Phi) is 5.19. The molecule has 0 bridgehead atoms. The van der Waals surface area contributed by atoms with E-state index in [4.69, 9.17) is 5.73 Å². The van der Waals surface area contributed by atoms with E-state index in [-0.39, 0.29) is 5.91 Å². The average Bonchev–Trinajstić information content (AvgIpc) is 2.61. The molecule has 126 valence electrons. The fourth-order valence-corrected chi connectivity index (χ4v) is 3.62. The van der Waals surface area contributed by atoms with Gasteiger partial charge in [-0.05, 0) is 35.1 Å². The van der Waals surface area contributed by atoms with E-state index < -0.39 is 6.04 Å². The highest BCUT2D eigenvalue weighted by Crippen LogP contribution is 2.28. The third-order valence-electron chi connectivity index (χ3n) is 5.05. The van der Waals surface area contributed by atoms with Crippen LogP contribution >= 0.6 is 0 Å². The molecule has 0 aliphatic heterocycles. The van der Waals surface area contributed by atoms with Crippen LogP contribution in [0.2, 0.25) is 0 Å². The van der Waals surface area contributed by atoms with Gasteiger partial charge in [-0.1, -0.05) is 68.3 Å². The van der Waals surface area contributed by atoms with Crippen molar-refractivity contribution in [3.63, 3.8) is 0 Å². The predicted molar refractivity (Wildman–Crippen MR) is 99.5 cm³/mol. The Hall–Kier alpha value is -2.29. The smallest absolute Gasteiger partial charge is 0.240 e. The van der Waals surface area contributed by atoms with Crippen LogP contribution in [-0.4, -0.2) is 11.9 Å². The van der Waals surface area contributed by atoms with Crippen molar-refractivity contribution in [3.8, 4) is 0 Å². The van der Waals surface area contributed by atoms with Crippen molar-refractivity contribution in [2.24, 2.45) is 11.7 Å². The predicted octanol–water partition coefficient (Wildman–Crippen LogP) is 3.92. The monoisotopic (exact) mass is 322 g/mol. The SMILES string of the molecule is C=C(N[C@@H](Cc1ccc2ccccc2c1)C(N)=O)C1CCCCC1. The largest absolute Gasteiger partial charge is 0.377 e. The van der Waals surface area contributed by atoms with Crippen LogP contribution in [0.5, 0.6) is 0 Å². The molecule has 0 saturated heterocycles. The first-order chi connectivity index (χ1) is 11.6. The summed E-state index contributed by atoms with van der Waals surface area (Å²) in [6.45, 7) is 4.17. The van der Waals surface area contributed by atoms with Gasteiger partial charge in [0, 0.05) is 12.1 Å². The van der Waals surface area contributed by atoms with Crippen LogP contribution in [0.15, 0.2) is 54.7 Å². The summed E-state index contributed by atoms with van der Waals surface area (Å²) in [6, 6.07) is 14.1. The van der Waals surface area contributed by atoms with Crippen molar-refractivity contribution in [2.45, 2.75) is 44.6 Å². The van der Waals surface area contributed by atoms with Gasteiger partial charge in [0.05, 0.1) is 0 Å². The summed E-state index contributed by atoms with van der Waals surface area (Å²) in [6.07, 6.45) is 6.71. The standard InChI is InChI=1S/C21H26N2O/c1-15(17-7-3-2-4-8-17)23-20(21(22)24)14-16-11-12-18-9-5-6-10-19(18)13-16/h5-6,9-13,17,20,23H,1-4,7-8,14H2,(H2,22,24)/t20-/m0/s1. The molecule has 0 spiro atoms. The Morgan fingerprint density at radius 2 is 1.83 bits per heavy atom. The van der Waals surface area contributed by atoms with Gasteiger partial charge < -0.3 is 11.1 Å². The normalized spacial score (nSPS) is 16.7. The number of allylic oxidation sites excluding steroid dienone is 1. The molecule has 2 aromatic rings. The van der Waals surface area contributed by atoms with Crippen molar-refractivity contribution in [1.82, 2.24) is 5.32 Å². The quantitative estimate of drug-likeness (QED) is 0.847. The van der Waals surface area contributed by atoms with Gasteiger partial charge in [-0.3, -0.25) is 4.79 Å². The van der Waals surface area contributed by atoms with Gasteiger partial charge in [0.1, 0.15) is 6.04 Å². The van der Waals surface area contributed by atoms with Gasteiger partial charge in [0.2, 0.25) is 5.91 Å². The second-order valence-electron chi connectivity index (χ2n) is 6.85. The Morgan fingerprint density at radius 1 is 1.12 bits per heavy atom. The number of amides is 1. The molecule has 1 saturated carbocycles. The zero-order chi connectivity index (χ0) is 16.9. The molecule has 3 rings (SSSR count). The average molecular weight is 322 g/mol. The van der Waals surface area contributed by atoms with Crippen LogP contribution < -0.4 is 11.1 Å². The van der Waals surface area contributed by atoms with Gasteiger partial charge in [-0.25, -0.2) is 0 Å². The van der Waals surface area contributed by atoms with E-state index in [2.05, 4.69) is 42.2 Å². The maximum Gasteiger partial charge on any atom is 0.240 e. The molecule has 0 aromatic heterocycles. The number of rotatable bonds is 6. The lowest BCUT2D eigenvalue weighted by atomic mass is 9.87. The van der Waals surface area contributed by atoms with E-state index in [0.717, 1.165) is 24.1 Å². The molecule has 1 aliphatic rings. The second kappa shape index (κ2) is 7.52. The number of nitrogens with one attached hydrogen (secondary N) is 1. The number of hydrogen-bond donors (Lipinski definition) is 2. The van der Waals surface area contributed by atoms with Crippen LogP contribution in [0.25, 0.3) is 10.8 Å². The van der Waals surface area contributed by atoms with Gasteiger partial charge in [0.25, 0.3) is 0 Å². The van der Waals surface area contributed by atoms with Crippen molar-refractivity contribution < 1.29 is 4.79 Å². The number of carbonyl (C=O) groups is 1. The highest BCUT2D eigenvalue weighted by Gasteiger charge is 2.22. The maximum absolute atomic E-state index is 11.9. The fraction of sp³-hybridized carbons (Fsp3) is 0.381. The van der Waals surface area contributed by atoms with Crippen molar-refractivity contribution >= 4 is 16.7 Å². The zero-order valence-electron chi connectivity index (χ0n) is 14.1. The summed E-state index contributed by atoms with van der Waals surface area (Å²) in [5.74, 6) is 0.150. The number of hydrogen-bond acceptors (Lipinski definition) is 2. The summed E-state index contributed by atoms with van der Waals surface area (Å²) in [7, 11) is 0. The maximum atomic E-state index is 11.9. The van der Waals surface area contributed by atoms with E-state index >= 15 is 0 Å². The molecule has 1 atom stereocenters. The third kappa shape index (κ3) is 3.97. The highest BCUT2D eigenvalue weighted by molar-refractivity contribution is 5.84. The minimum Gasteiger partial charge on any atom is -0.377 e. The van der Waals surface area contributed by atoms with E-state index in [1.165, 1.54) is 30.0 Å². The molecular weight excluding hydrogens is 296 g/mol. The minimum atomic E-state index is -0.402. The number of fused-ring (bicyclic) bond motifs is 1. The van der Waals surface area contributed by atoms with E-state index in [1.807, 2.05) is 12.1 Å². The molecule has 2 aromatic carbocycles. The first-order valence-corrected chi connectivity index (χ1v) is 8.86. The molecule has 3 N–H and O–H groups in total. The highest BCUT2D eigenvalue weighted by atomic mass is 16.1. The van der Waals surface area contributed by atoms with Crippen molar-refractivity contribution in [3.05, 3.63) is 60.3 Å².